The minimum absolute atomic E-state index is 0.265. The monoisotopic (exact) mass is 276 g/mol. The molecule has 98 valence electrons. The molecule has 1 aromatic heterocycles. The van der Waals surface area contributed by atoms with Crippen molar-refractivity contribution in [2.75, 3.05) is 5.32 Å². The molecule has 4 nitrogen and oxygen atoms in total. The van der Waals surface area contributed by atoms with Crippen LogP contribution in [0.2, 0.25) is 5.02 Å². The first-order valence-corrected chi connectivity index (χ1v) is 6.17. The molecule has 0 fully saturated rings. The number of pyridine rings is 1. The van der Waals surface area contributed by atoms with Crippen molar-refractivity contribution in [1.29, 1.82) is 0 Å². The summed E-state index contributed by atoms with van der Waals surface area (Å²) in [5.41, 5.74) is 0. The molecule has 0 aliphatic heterocycles. The Balaban J connectivity index is 1.94. The van der Waals surface area contributed by atoms with E-state index in [2.05, 4.69) is 10.3 Å². The van der Waals surface area contributed by atoms with Crippen LogP contribution in [0.1, 0.15) is 6.92 Å². The standard InChI is InChI=1S/C14H13ClN2O2/c1-10(19-12-5-3-2-4-6-12)14(18)17-13-8-7-11(15)9-16-13/h2-10H,1H3,(H,16,17,18). The number of amides is 1. The average Bonchev–Trinajstić information content (AvgIpc) is 2.42. The Morgan fingerprint density at radius 1 is 1.26 bits per heavy atom. The lowest BCUT2D eigenvalue weighted by molar-refractivity contribution is -0.122. The third-order valence-corrected chi connectivity index (χ3v) is 2.63. The molecule has 0 bridgehead atoms. The number of para-hydroxylation sites is 1. The summed E-state index contributed by atoms with van der Waals surface area (Å²) in [7, 11) is 0. The number of nitrogens with one attached hydrogen (secondary N) is 1. The van der Waals surface area contributed by atoms with Gasteiger partial charge in [0.15, 0.2) is 6.10 Å². The van der Waals surface area contributed by atoms with Crippen LogP contribution in [0.25, 0.3) is 0 Å². The number of hydrogen-bond acceptors (Lipinski definition) is 3. The summed E-state index contributed by atoms with van der Waals surface area (Å²) < 4.78 is 5.51. The van der Waals surface area contributed by atoms with E-state index in [1.54, 1.807) is 31.2 Å². The molecular formula is C14H13ClN2O2. The van der Waals surface area contributed by atoms with E-state index in [-0.39, 0.29) is 5.91 Å². The molecule has 19 heavy (non-hydrogen) atoms. The van der Waals surface area contributed by atoms with Gasteiger partial charge in [-0.05, 0) is 31.2 Å². The fourth-order valence-electron chi connectivity index (χ4n) is 1.43. The Morgan fingerprint density at radius 2 is 2.00 bits per heavy atom. The van der Waals surface area contributed by atoms with E-state index in [1.165, 1.54) is 6.20 Å². The number of rotatable bonds is 4. The molecule has 0 saturated carbocycles. The number of carbonyl (C=O) groups excluding carboxylic acids is 1. The zero-order valence-electron chi connectivity index (χ0n) is 10.3. The normalized spacial score (nSPS) is 11.7. The molecule has 1 heterocycles. The van der Waals surface area contributed by atoms with Gasteiger partial charge in [-0.15, -0.1) is 0 Å². The van der Waals surface area contributed by atoms with Gasteiger partial charge in [0.1, 0.15) is 11.6 Å². The van der Waals surface area contributed by atoms with Crippen molar-refractivity contribution in [3.8, 4) is 5.75 Å². The van der Waals surface area contributed by atoms with E-state index < -0.39 is 6.10 Å². The molecule has 1 atom stereocenters. The van der Waals surface area contributed by atoms with Gasteiger partial charge in [0, 0.05) is 6.20 Å². The van der Waals surface area contributed by atoms with Gasteiger partial charge >= 0.3 is 0 Å². The summed E-state index contributed by atoms with van der Waals surface area (Å²) in [6.45, 7) is 1.68. The summed E-state index contributed by atoms with van der Waals surface area (Å²) in [5, 5.41) is 3.18. The van der Waals surface area contributed by atoms with E-state index in [4.69, 9.17) is 16.3 Å². The first-order valence-electron chi connectivity index (χ1n) is 5.79. The Kier molecular flexibility index (Phi) is 4.36. The highest BCUT2D eigenvalue weighted by atomic mass is 35.5. The van der Waals surface area contributed by atoms with Crippen LogP contribution in [0, 0.1) is 0 Å². The minimum Gasteiger partial charge on any atom is -0.481 e. The molecule has 1 unspecified atom stereocenters. The maximum absolute atomic E-state index is 11.9. The number of aromatic nitrogens is 1. The molecule has 1 N–H and O–H groups in total. The zero-order chi connectivity index (χ0) is 13.7. The van der Waals surface area contributed by atoms with E-state index in [9.17, 15) is 4.79 Å². The van der Waals surface area contributed by atoms with Gasteiger partial charge in [0.2, 0.25) is 0 Å². The Morgan fingerprint density at radius 3 is 2.63 bits per heavy atom. The third-order valence-electron chi connectivity index (χ3n) is 2.40. The molecule has 1 aromatic carbocycles. The van der Waals surface area contributed by atoms with E-state index >= 15 is 0 Å². The highest BCUT2D eigenvalue weighted by Crippen LogP contribution is 2.13. The Labute approximate surface area is 116 Å². The predicted octanol–water partition coefficient (Wildman–Crippen LogP) is 3.14. The van der Waals surface area contributed by atoms with Crippen molar-refractivity contribution >= 4 is 23.3 Å². The molecule has 2 aromatic rings. The van der Waals surface area contributed by atoms with Gasteiger partial charge in [0.25, 0.3) is 5.91 Å². The maximum Gasteiger partial charge on any atom is 0.266 e. The van der Waals surface area contributed by atoms with Crippen LogP contribution in [0.5, 0.6) is 5.75 Å². The predicted molar refractivity (Wildman–Crippen MR) is 74.4 cm³/mol. The van der Waals surface area contributed by atoms with E-state index in [1.807, 2.05) is 18.2 Å². The van der Waals surface area contributed by atoms with Crippen LogP contribution in [-0.2, 0) is 4.79 Å². The summed E-state index contributed by atoms with van der Waals surface area (Å²) in [4.78, 5) is 15.9. The Hall–Kier alpha value is -2.07. The molecule has 2 rings (SSSR count). The second-order valence-electron chi connectivity index (χ2n) is 3.92. The fourth-order valence-corrected chi connectivity index (χ4v) is 1.55. The first kappa shape index (κ1) is 13.4. The molecule has 0 radical (unpaired) electrons. The van der Waals surface area contributed by atoms with E-state index in [0.29, 0.717) is 16.6 Å². The minimum atomic E-state index is -0.611. The van der Waals surface area contributed by atoms with Crippen LogP contribution in [-0.4, -0.2) is 17.0 Å². The van der Waals surface area contributed by atoms with Gasteiger partial charge in [0.05, 0.1) is 5.02 Å². The topological polar surface area (TPSA) is 51.2 Å². The molecule has 5 heteroatoms. The smallest absolute Gasteiger partial charge is 0.266 e. The molecule has 0 aliphatic rings. The molecule has 0 saturated heterocycles. The molecule has 0 aliphatic carbocycles. The summed E-state index contributed by atoms with van der Waals surface area (Å²) in [6.07, 6.45) is 0.861. The van der Waals surface area contributed by atoms with Crippen molar-refractivity contribution < 1.29 is 9.53 Å². The largest absolute Gasteiger partial charge is 0.481 e. The number of nitrogens with zero attached hydrogens (tertiary/aromatic N) is 1. The lowest BCUT2D eigenvalue weighted by atomic mass is 10.3. The molecule has 0 spiro atoms. The van der Waals surface area contributed by atoms with Crippen molar-refractivity contribution in [3.63, 3.8) is 0 Å². The summed E-state index contributed by atoms with van der Waals surface area (Å²) in [5.74, 6) is 0.825. The number of ether oxygens (including phenoxy) is 1. The average molecular weight is 277 g/mol. The van der Waals surface area contributed by atoms with Crippen LogP contribution in [0.4, 0.5) is 5.82 Å². The highest BCUT2D eigenvalue weighted by Gasteiger charge is 2.15. The van der Waals surface area contributed by atoms with Crippen molar-refractivity contribution in [1.82, 2.24) is 4.98 Å². The maximum atomic E-state index is 11.9. The third kappa shape index (κ3) is 3.96. The summed E-state index contributed by atoms with van der Waals surface area (Å²) in [6, 6.07) is 12.5. The lowest BCUT2D eigenvalue weighted by Gasteiger charge is -2.14. The number of halogens is 1. The number of carbonyl (C=O) groups is 1. The Bertz CT molecular complexity index is 543. The van der Waals surface area contributed by atoms with Crippen molar-refractivity contribution in [2.45, 2.75) is 13.0 Å². The van der Waals surface area contributed by atoms with Gasteiger partial charge in [-0.2, -0.15) is 0 Å². The first-order chi connectivity index (χ1) is 9.15. The molecular weight excluding hydrogens is 264 g/mol. The number of benzene rings is 1. The second kappa shape index (κ2) is 6.20. The highest BCUT2D eigenvalue weighted by molar-refractivity contribution is 6.30. The lowest BCUT2D eigenvalue weighted by Crippen LogP contribution is -2.30. The second-order valence-corrected chi connectivity index (χ2v) is 4.36. The zero-order valence-corrected chi connectivity index (χ0v) is 11.1. The molecule has 1 amide bonds. The van der Waals surface area contributed by atoms with Crippen LogP contribution >= 0.6 is 11.6 Å². The van der Waals surface area contributed by atoms with Crippen molar-refractivity contribution in [2.24, 2.45) is 0 Å². The van der Waals surface area contributed by atoms with Crippen LogP contribution < -0.4 is 10.1 Å². The van der Waals surface area contributed by atoms with Crippen LogP contribution in [0.3, 0.4) is 0 Å². The van der Waals surface area contributed by atoms with Gasteiger partial charge in [-0.1, -0.05) is 29.8 Å². The summed E-state index contributed by atoms with van der Waals surface area (Å²) >= 11 is 5.72. The number of anilines is 1. The van der Waals surface area contributed by atoms with Crippen LogP contribution in [0.15, 0.2) is 48.7 Å². The number of hydrogen-bond donors (Lipinski definition) is 1. The van der Waals surface area contributed by atoms with Gasteiger partial charge in [-0.3, -0.25) is 4.79 Å². The van der Waals surface area contributed by atoms with Gasteiger partial charge in [-0.25, -0.2) is 4.98 Å². The fraction of sp³-hybridized carbons (Fsp3) is 0.143. The van der Waals surface area contributed by atoms with Crippen molar-refractivity contribution in [3.05, 3.63) is 53.7 Å². The quantitative estimate of drug-likeness (QED) is 0.933. The van der Waals surface area contributed by atoms with Gasteiger partial charge < -0.3 is 10.1 Å². The SMILES string of the molecule is CC(Oc1ccccc1)C(=O)Nc1ccc(Cl)cn1. The van der Waals surface area contributed by atoms with E-state index in [0.717, 1.165) is 0 Å².